The van der Waals surface area contributed by atoms with Gasteiger partial charge in [-0.3, -0.25) is 4.79 Å². The quantitative estimate of drug-likeness (QED) is 0.672. The zero-order valence-electron chi connectivity index (χ0n) is 14.4. The molecule has 1 heterocycles. The first-order valence-electron chi connectivity index (χ1n) is 7.62. The Balaban J connectivity index is 1.99. The summed E-state index contributed by atoms with van der Waals surface area (Å²) >= 11 is 0. The van der Waals surface area contributed by atoms with Gasteiger partial charge in [-0.1, -0.05) is 0 Å². The summed E-state index contributed by atoms with van der Waals surface area (Å²) in [5, 5.41) is 0. The summed E-state index contributed by atoms with van der Waals surface area (Å²) in [6.07, 6.45) is 0.391. The summed E-state index contributed by atoms with van der Waals surface area (Å²) in [5.41, 5.74) is 0.140. The lowest BCUT2D eigenvalue weighted by Gasteiger charge is -2.23. The van der Waals surface area contributed by atoms with Crippen molar-refractivity contribution in [2.45, 2.75) is 12.5 Å². The number of esters is 1. The lowest BCUT2D eigenvalue weighted by atomic mass is 10.2. The fourth-order valence-electron chi connectivity index (χ4n) is 2.56. The summed E-state index contributed by atoms with van der Waals surface area (Å²) in [4.78, 5) is 25.7. The van der Waals surface area contributed by atoms with Gasteiger partial charge in [0.15, 0.2) is 16.4 Å². The number of sulfone groups is 1. The van der Waals surface area contributed by atoms with Crippen LogP contribution in [-0.4, -0.2) is 70.6 Å². The molecule has 0 aromatic heterocycles. The molecule has 1 amide bonds. The third-order valence-corrected chi connectivity index (χ3v) is 5.85. The third kappa shape index (κ3) is 4.62. The van der Waals surface area contributed by atoms with Crippen LogP contribution in [0.4, 0.5) is 0 Å². The van der Waals surface area contributed by atoms with Gasteiger partial charge in [0.1, 0.15) is 17.1 Å². The number of methoxy groups -OCH3 is 2. The zero-order chi connectivity index (χ0) is 18.6. The molecule has 0 aliphatic carbocycles. The van der Waals surface area contributed by atoms with E-state index >= 15 is 0 Å². The second-order valence-electron chi connectivity index (χ2n) is 5.70. The minimum absolute atomic E-state index is 0.0626. The highest BCUT2D eigenvalue weighted by Gasteiger charge is 2.33. The first-order valence-corrected chi connectivity index (χ1v) is 9.44. The summed E-state index contributed by atoms with van der Waals surface area (Å²) < 4.78 is 38.2. The molecule has 0 saturated carbocycles. The SMILES string of the molecule is COc1ccc(OC)c(C(=O)OCC(=O)N(C)[C@H]2CCS(=O)(=O)C2)c1. The van der Waals surface area contributed by atoms with E-state index < -0.39 is 28.3 Å². The Hall–Kier alpha value is -2.29. The second-order valence-corrected chi connectivity index (χ2v) is 7.93. The minimum atomic E-state index is -3.10. The maximum atomic E-state index is 12.2. The van der Waals surface area contributed by atoms with Crippen LogP contribution in [0.2, 0.25) is 0 Å². The number of likely N-dealkylation sites (N-methyl/N-ethyl adjacent to an activating group) is 1. The largest absolute Gasteiger partial charge is 0.497 e. The van der Waals surface area contributed by atoms with Crippen molar-refractivity contribution in [3.05, 3.63) is 23.8 Å². The van der Waals surface area contributed by atoms with Crippen molar-refractivity contribution in [2.24, 2.45) is 0 Å². The van der Waals surface area contributed by atoms with Gasteiger partial charge in [-0.15, -0.1) is 0 Å². The second kappa shape index (κ2) is 7.73. The molecule has 1 atom stereocenters. The summed E-state index contributed by atoms with van der Waals surface area (Å²) in [6, 6.07) is 4.27. The molecule has 1 saturated heterocycles. The van der Waals surface area contributed by atoms with E-state index in [2.05, 4.69) is 0 Å². The fraction of sp³-hybridized carbons (Fsp3) is 0.500. The lowest BCUT2D eigenvalue weighted by Crippen LogP contribution is -2.40. The smallest absolute Gasteiger partial charge is 0.342 e. The molecule has 0 unspecified atom stereocenters. The first-order chi connectivity index (χ1) is 11.8. The molecule has 0 radical (unpaired) electrons. The first kappa shape index (κ1) is 19.0. The van der Waals surface area contributed by atoms with Crippen LogP contribution >= 0.6 is 0 Å². The Bertz CT molecular complexity index is 760. The van der Waals surface area contributed by atoms with Crippen LogP contribution in [0.15, 0.2) is 18.2 Å². The number of amides is 1. The number of benzene rings is 1. The Labute approximate surface area is 146 Å². The molecule has 1 aromatic rings. The van der Waals surface area contributed by atoms with Gasteiger partial charge >= 0.3 is 5.97 Å². The van der Waals surface area contributed by atoms with Crippen molar-refractivity contribution >= 4 is 21.7 Å². The molecule has 1 fully saturated rings. The molecule has 0 bridgehead atoms. The molecule has 0 spiro atoms. The number of nitrogens with zero attached hydrogens (tertiary/aromatic N) is 1. The van der Waals surface area contributed by atoms with E-state index in [0.29, 0.717) is 17.9 Å². The van der Waals surface area contributed by atoms with Gasteiger partial charge in [-0.2, -0.15) is 0 Å². The van der Waals surface area contributed by atoms with Crippen molar-refractivity contribution in [1.29, 1.82) is 0 Å². The maximum absolute atomic E-state index is 12.2. The van der Waals surface area contributed by atoms with Crippen molar-refractivity contribution in [1.82, 2.24) is 4.90 Å². The third-order valence-electron chi connectivity index (χ3n) is 4.10. The highest BCUT2D eigenvalue weighted by Crippen LogP contribution is 2.24. The van der Waals surface area contributed by atoms with E-state index in [1.165, 1.54) is 32.2 Å². The van der Waals surface area contributed by atoms with Crippen LogP contribution in [0.25, 0.3) is 0 Å². The highest BCUT2D eigenvalue weighted by molar-refractivity contribution is 7.91. The van der Waals surface area contributed by atoms with Crippen LogP contribution in [0.3, 0.4) is 0 Å². The van der Waals surface area contributed by atoms with Gasteiger partial charge in [0.25, 0.3) is 5.91 Å². The van der Waals surface area contributed by atoms with Crippen LogP contribution in [-0.2, 0) is 19.4 Å². The van der Waals surface area contributed by atoms with Crippen molar-refractivity contribution < 1.29 is 32.2 Å². The van der Waals surface area contributed by atoms with Crippen LogP contribution in [0.1, 0.15) is 16.8 Å². The van der Waals surface area contributed by atoms with E-state index in [1.807, 2.05) is 0 Å². The molecule has 0 N–H and O–H groups in total. The summed E-state index contributed by atoms with van der Waals surface area (Å²) in [5.74, 6) is -0.433. The molecule has 138 valence electrons. The van der Waals surface area contributed by atoms with Crippen LogP contribution in [0, 0.1) is 0 Å². The van der Waals surface area contributed by atoms with Gasteiger partial charge in [0.2, 0.25) is 0 Å². The summed E-state index contributed by atoms with van der Waals surface area (Å²) in [6.45, 7) is -0.480. The Morgan fingerprint density at radius 1 is 1.24 bits per heavy atom. The van der Waals surface area contributed by atoms with Gasteiger partial charge in [0, 0.05) is 13.1 Å². The molecule has 8 nitrogen and oxygen atoms in total. The minimum Gasteiger partial charge on any atom is -0.497 e. The van der Waals surface area contributed by atoms with E-state index in [-0.39, 0.29) is 23.1 Å². The number of rotatable bonds is 6. The van der Waals surface area contributed by atoms with Crippen molar-refractivity contribution in [3.63, 3.8) is 0 Å². The predicted molar refractivity (Wildman–Crippen MR) is 89.7 cm³/mol. The van der Waals surface area contributed by atoms with Gasteiger partial charge in [0.05, 0.1) is 25.7 Å². The van der Waals surface area contributed by atoms with Crippen molar-refractivity contribution in [2.75, 3.05) is 39.4 Å². The van der Waals surface area contributed by atoms with Crippen LogP contribution < -0.4 is 9.47 Å². The van der Waals surface area contributed by atoms with E-state index in [4.69, 9.17) is 14.2 Å². The van der Waals surface area contributed by atoms with Gasteiger partial charge in [-0.25, -0.2) is 13.2 Å². The Morgan fingerprint density at radius 2 is 1.96 bits per heavy atom. The average Bonchev–Trinajstić information content (AvgIpc) is 2.97. The normalized spacial score (nSPS) is 18.4. The monoisotopic (exact) mass is 371 g/mol. The molecular weight excluding hydrogens is 350 g/mol. The fourth-order valence-corrected chi connectivity index (χ4v) is 4.34. The molecule has 9 heteroatoms. The number of hydrogen-bond acceptors (Lipinski definition) is 7. The molecule has 2 rings (SSSR count). The number of carbonyl (C=O) groups is 2. The number of hydrogen-bond donors (Lipinski definition) is 0. The summed E-state index contributed by atoms with van der Waals surface area (Å²) in [7, 11) is 1.29. The molecular formula is C16H21NO7S. The van der Waals surface area contributed by atoms with Gasteiger partial charge < -0.3 is 19.1 Å². The van der Waals surface area contributed by atoms with Gasteiger partial charge in [-0.05, 0) is 24.6 Å². The lowest BCUT2D eigenvalue weighted by molar-refractivity contribution is -0.134. The number of carbonyl (C=O) groups excluding carboxylic acids is 2. The van der Waals surface area contributed by atoms with E-state index in [1.54, 1.807) is 12.1 Å². The maximum Gasteiger partial charge on any atom is 0.342 e. The molecule has 1 aliphatic heterocycles. The van der Waals surface area contributed by atoms with E-state index in [9.17, 15) is 18.0 Å². The predicted octanol–water partition coefficient (Wildman–Crippen LogP) is 0.506. The molecule has 25 heavy (non-hydrogen) atoms. The standard InChI is InChI=1S/C16H21NO7S/c1-17(11-6-7-25(20,21)10-11)15(18)9-24-16(19)13-8-12(22-2)4-5-14(13)23-3/h4-5,8,11H,6-7,9-10H2,1-3H3/t11-/m0/s1. The topological polar surface area (TPSA) is 99.2 Å². The Kier molecular flexibility index (Phi) is 5.89. The average molecular weight is 371 g/mol. The van der Waals surface area contributed by atoms with Crippen molar-refractivity contribution in [3.8, 4) is 11.5 Å². The Morgan fingerprint density at radius 3 is 2.52 bits per heavy atom. The number of ether oxygens (including phenoxy) is 3. The molecule has 1 aromatic carbocycles. The highest BCUT2D eigenvalue weighted by atomic mass is 32.2. The zero-order valence-corrected chi connectivity index (χ0v) is 15.2. The van der Waals surface area contributed by atoms with E-state index in [0.717, 1.165) is 0 Å². The van der Waals surface area contributed by atoms with Crippen LogP contribution in [0.5, 0.6) is 11.5 Å². The molecule has 1 aliphatic rings.